The number of hydrogen-bond donors (Lipinski definition) is 1. The van der Waals surface area contributed by atoms with Crippen LogP contribution in [0.2, 0.25) is 0 Å². The highest BCUT2D eigenvalue weighted by molar-refractivity contribution is 5.95. The van der Waals surface area contributed by atoms with Crippen molar-refractivity contribution in [2.75, 3.05) is 26.2 Å². The number of furan rings is 1. The Hall–Kier alpha value is -1.88. The van der Waals surface area contributed by atoms with E-state index in [1.165, 1.54) is 0 Å². The predicted octanol–water partition coefficient (Wildman–Crippen LogP) is 1.57. The zero-order chi connectivity index (χ0) is 13.2. The molecule has 2 aromatic heterocycles. The lowest BCUT2D eigenvalue weighted by atomic mass is 10.3. The van der Waals surface area contributed by atoms with E-state index in [1.54, 1.807) is 6.07 Å². The highest BCUT2D eigenvalue weighted by Crippen LogP contribution is 2.19. The summed E-state index contributed by atoms with van der Waals surface area (Å²) in [4.78, 5) is 18.6. The number of rotatable bonds is 1. The van der Waals surface area contributed by atoms with Crippen LogP contribution in [-0.2, 0) is 0 Å². The van der Waals surface area contributed by atoms with E-state index in [0.29, 0.717) is 11.3 Å². The highest BCUT2D eigenvalue weighted by Gasteiger charge is 2.20. The van der Waals surface area contributed by atoms with Gasteiger partial charge in [0.2, 0.25) is 0 Å². The average molecular weight is 259 g/mol. The van der Waals surface area contributed by atoms with Crippen LogP contribution in [0.25, 0.3) is 11.1 Å². The third-order valence-electron chi connectivity index (χ3n) is 3.35. The van der Waals surface area contributed by atoms with Crippen molar-refractivity contribution in [2.24, 2.45) is 0 Å². The minimum absolute atomic E-state index is 0.0423. The van der Waals surface area contributed by atoms with Gasteiger partial charge in [-0.1, -0.05) is 0 Å². The van der Waals surface area contributed by atoms with E-state index in [4.69, 9.17) is 4.42 Å². The molecule has 5 heteroatoms. The standard InChI is InChI=1S/C14H17N3O2/c1-10-3-4-12-11(16-10)9-13(19-12)14(18)17-7-2-5-15-6-8-17/h3-4,9,15H,2,5-8H2,1H3. The van der Waals surface area contributed by atoms with Gasteiger partial charge in [0.25, 0.3) is 5.91 Å². The Bertz CT molecular complexity index is 598. The highest BCUT2D eigenvalue weighted by atomic mass is 16.3. The van der Waals surface area contributed by atoms with Crippen LogP contribution in [-0.4, -0.2) is 42.0 Å². The number of amides is 1. The van der Waals surface area contributed by atoms with Gasteiger partial charge in [-0.3, -0.25) is 4.79 Å². The molecule has 1 aliphatic heterocycles. The van der Waals surface area contributed by atoms with E-state index >= 15 is 0 Å². The van der Waals surface area contributed by atoms with Crippen LogP contribution < -0.4 is 5.32 Å². The Morgan fingerprint density at radius 3 is 3.16 bits per heavy atom. The number of fused-ring (bicyclic) bond motifs is 1. The molecule has 0 aromatic carbocycles. The first kappa shape index (κ1) is 12.2. The molecule has 1 N–H and O–H groups in total. The third-order valence-corrected chi connectivity index (χ3v) is 3.35. The SMILES string of the molecule is Cc1ccc2oc(C(=O)N3CCCNCC3)cc2n1. The van der Waals surface area contributed by atoms with Gasteiger partial charge in [-0.05, 0) is 32.0 Å². The van der Waals surface area contributed by atoms with E-state index in [2.05, 4.69) is 10.3 Å². The van der Waals surface area contributed by atoms with Gasteiger partial charge in [0.15, 0.2) is 11.3 Å². The molecular weight excluding hydrogens is 242 g/mol. The van der Waals surface area contributed by atoms with Gasteiger partial charge in [0.05, 0.1) is 0 Å². The predicted molar refractivity (Wildman–Crippen MR) is 72.1 cm³/mol. The first-order chi connectivity index (χ1) is 9.24. The van der Waals surface area contributed by atoms with Crippen LogP contribution in [0.4, 0.5) is 0 Å². The molecule has 0 radical (unpaired) electrons. The number of carbonyl (C=O) groups is 1. The number of carbonyl (C=O) groups excluding carboxylic acids is 1. The molecule has 0 unspecified atom stereocenters. The Labute approximate surface area is 111 Å². The molecule has 0 atom stereocenters. The summed E-state index contributed by atoms with van der Waals surface area (Å²) < 4.78 is 5.60. The van der Waals surface area contributed by atoms with E-state index in [0.717, 1.165) is 43.8 Å². The van der Waals surface area contributed by atoms with Crippen LogP contribution in [0.1, 0.15) is 22.7 Å². The van der Waals surface area contributed by atoms with Crippen molar-refractivity contribution in [1.82, 2.24) is 15.2 Å². The number of hydrogen-bond acceptors (Lipinski definition) is 4. The van der Waals surface area contributed by atoms with Gasteiger partial charge in [-0.15, -0.1) is 0 Å². The van der Waals surface area contributed by atoms with E-state index < -0.39 is 0 Å². The van der Waals surface area contributed by atoms with Crippen LogP contribution in [0.3, 0.4) is 0 Å². The molecule has 0 saturated carbocycles. The van der Waals surface area contributed by atoms with Gasteiger partial charge in [0, 0.05) is 31.4 Å². The van der Waals surface area contributed by atoms with Gasteiger partial charge in [0.1, 0.15) is 5.52 Å². The normalized spacial score (nSPS) is 16.6. The summed E-state index contributed by atoms with van der Waals surface area (Å²) in [6.45, 7) is 5.22. The topological polar surface area (TPSA) is 58.4 Å². The maximum atomic E-state index is 12.4. The second-order valence-electron chi connectivity index (χ2n) is 4.84. The van der Waals surface area contributed by atoms with Crippen LogP contribution in [0, 0.1) is 6.92 Å². The Morgan fingerprint density at radius 2 is 2.26 bits per heavy atom. The van der Waals surface area contributed by atoms with Crippen molar-refractivity contribution in [1.29, 1.82) is 0 Å². The fourth-order valence-electron chi connectivity index (χ4n) is 2.34. The fourth-order valence-corrected chi connectivity index (χ4v) is 2.34. The number of nitrogens with one attached hydrogen (secondary N) is 1. The summed E-state index contributed by atoms with van der Waals surface area (Å²) >= 11 is 0. The lowest BCUT2D eigenvalue weighted by Gasteiger charge is -2.18. The molecule has 19 heavy (non-hydrogen) atoms. The summed E-state index contributed by atoms with van der Waals surface area (Å²) in [5, 5.41) is 3.28. The maximum Gasteiger partial charge on any atom is 0.289 e. The number of aryl methyl sites for hydroxylation is 1. The number of nitrogens with zero attached hydrogens (tertiary/aromatic N) is 2. The summed E-state index contributed by atoms with van der Waals surface area (Å²) in [6, 6.07) is 5.48. The zero-order valence-electron chi connectivity index (χ0n) is 11.0. The van der Waals surface area contributed by atoms with E-state index in [-0.39, 0.29) is 5.91 Å². The molecule has 0 bridgehead atoms. The van der Waals surface area contributed by atoms with E-state index in [1.807, 2.05) is 24.0 Å². The Morgan fingerprint density at radius 1 is 1.37 bits per heavy atom. The quantitative estimate of drug-likeness (QED) is 0.844. The Balaban J connectivity index is 1.88. The van der Waals surface area contributed by atoms with Crippen molar-refractivity contribution < 1.29 is 9.21 Å². The molecule has 5 nitrogen and oxygen atoms in total. The second kappa shape index (κ2) is 5.01. The smallest absolute Gasteiger partial charge is 0.289 e. The molecular formula is C14H17N3O2. The first-order valence-corrected chi connectivity index (χ1v) is 6.61. The van der Waals surface area contributed by atoms with Crippen LogP contribution in [0.5, 0.6) is 0 Å². The first-order valence-electron chi connectivity index (χ1n) is 6.61. The second-order valence-corrected chi connectivity index (χ2v) is 4.84. The molecule has 100 valence electrons. The molecule has 0 aliphatic carbocycles. The van der Waals surface area contributed by atoms with Crippen molar-refractivity contribution in [3.05, 3.63) is 29.7 Å². The molecule has 1 fully saturated rings. The minimum Gasteiger partial charge on any atom is -0.449 e. The number of pyridine rings is 1. The van der Waals surface area contributed by atoms with Crippen molar-refractivity contribution >= 4 is 17.0 Å². The third kappa shape index (κ3) is 2.46. The molecule has 3 heterocycles. The average Bonchev–Trinajstić information content (AvgIpc) is 2.64. The zero-order valence-corrected chi connectivity index (χ0v) is 11.0. The monoisotopic (exact) mass is 259 g/mol. The van der Waals surface area contributed by atoms with Gasteiger partial charge in [-0.2, -0.15) is 0 Å². The largest absolute Gasteiger partial charge is 0.449 e. The lowest BCUT2D eigenvalue weighted by Crippen LogP contribution is -2.33. The molecule has 1 aliphatic rings. The molecule has 1 saturated heterocycles. The lowest BCUT2D eigenvalue weighted by molar-refractivity contribution is 0.0737. The summed E-state index contributed by atoms with van der Waals surface area (Å²) in [6.07, 6.45) is 0.976. The van der Waals surface area contributed by atoms with Crippen molar-refractivity contribution in [2.45, 2.75) is 13.3 Å². The van der Waals surface area contributed by atoms with Crippen molar-refractivity contribution in [3.8, 4) is 0 Å². The minimum atomic E-state index is -0.0423. The molecule has 1 amide bonds. The van der Waals surface area contributed by atoms with Gasteiger partial charge in [-0.25, -0.2) is 4.98 Å². The van der Waals surface area contributed by atoms with Crippen molar-refractivity contribution in [3.63, 3.8) is 0 Å². The van der Waals surface area contributed by atoms with Crippen LogP contribution >= 0.6 is 0 Å². The molecule has 0 spiro atoms. The molecule has 2 aromatic rings. The van der Waals surface area contributed by atoms with Crippen LogP contribution in [0.15, 0.2) is 22.6 Å². The molecule has 3 rings (SSSR count). The van der Waals surface area contributed by atoms with E-state index in [9.17, 15) is 4.79 Å². The number of aromatic nitrogens is 1. The summed E-state index contributed by atoms with van der Waals surface area (Å²) in [7, 11) is 0. The summed E-state index contributed by atoms with van der Waals surface area (Å²) in [5.41, 5.74) is 2.34. The Kier molecular flexibility index (Phi) is 3.21. The maximum absolute atomic E-state index is 12.4. The fraction of sp³-hybridized carbons (Fsp3) is 0.429. The summed E-state index contributed by atoms with van der Waals surface area (Å²) in [5.74, 6) is 0.342. The van der Waals surface area contributed by atoms with Gasteiger partial charge < -0.3 is 14.6 Å². The van der Waals surface area contributed by atoms with Gasteiger partial charge >= 0.3 is 0 Å².